The summed E-state index contributed by atoms with van der Waals surface area (Å²) in [6.07, 6.45) is 5.44. The zero-order chi connectivity index (χ0) is 13.1. The van der Waals surface area contributed by atoms with Crippen molar-refractivity contribution in [2.24, 2.45) is 17.6 Å². The van der Waals surface area contributed by atoms with Gasteiger partial charge in [-0.15, -0.1) is 0 Å². The fourth-order valence-corrected chi connectivity index (χ4v) is 3.57. The molecule has 5 heteroatoms. The van der Waals surface area contributed by atoms with Crippen molar-refractivity contribution in [2.45, 2.75) is 45.6 Å². The van der Waals surface area contributed by atoms with Gasteiger partial charge in [0.1, 0.15) is 0 Å². The van der Waals surface area contributed by atoms with Crippen LogP contribution < -0.4 is 5.73 Å². The third-order valence-corrected chi connectivity index (χ3v) is 5.13. The smallest absolute Gasteiger partial charge is 0.211 e. The SMILES string of the molecule is CCC(N)C(C)CC1CCCN(S(C)(=O)=O)C1. The zero-order valence-corrected chi connectivity index (χ0v) is 12.0. The van der Waals surface area contributed by atoms with E-state index in [9.17, 15) is 8.42 Å². The Hall–Kier alpha value is -0.130. The minimum absolute atomic E-state index is 0.239. The molecule has 2 N–H and O–H groups in total. The molecule has 1 aliphatic heterocycles. The van der Waals surface area contributed by atoms with E-state index >= 15 is 0 Å². The summed E-state index contributed by atoms with van der Waals surface area (Å²) in [5, 5.41) is 0. The first-order valence-electron chi connectivity index (χ1n) is 6.55. The molecule has 0 radical (unpaired) electrons. The summed E-state index contributed by atoms with van der Waals surface area (Å²) in [5.41, 5.74) is 6.02. The molecule has 1 rings (SSSR count). The summed E-state index contributed by atoms with van der Waals surface area (Å²) < 4.78 is 24.6. The highest BCUT2D eigenvalue weighted by molar-refractivity contribution is 7.88. The number of nitrogens with zero attached hydrogens (tertiary/aromatic N) is 1. The molecule has 0 bridgehead atoms. The van der Waals surface area contributed by atoms with Crippen LogP contribution in [0, 0.1) is 11.8 Å². The van der Waals surface area contributed by atoms with Crippen molar-refractivity contribution in [3.8, 4) is 0 Å². The number of hydrogen-bond donors (Lipinski definition) is 1. The predicted molar refractivity (Wildman–Crippen MR) is 71.2 cm³/mol. The molecule has 1 saturated heterocycles. The van der Waals surface area contributed by atoms with Crippen LogP contribution >= 0.6 is 0 Å². The molecule has 0 aromatic heterocycles. The lowest BCUT2D eigenvalue weighted by atomic mass is 9.86. The quantitative estimate of drug-likeness (QED) is 0.815. The molecule has 0 spiro atoms. The molecule has 1 heterocycles. The fraction of sp³-hybridized carbons (Fsp3) is 1.00. The Kier molecular flexibility index (Phi) is 5.41. The Morgan fingerprint density at radius 2 is 2.12 bits per heavy atom. The maximum absolute atomic E-state index is 11.5. The van der Waals surface area contributed by atoms with Crippen LogP contribution in [0.5, 0.6) is 0 Å². The van der Waals surface area contributed by atoms with Crippen molar-refractivity contribution in [3.63, 3.8) is 0 Å². The maximum atomic E-state index is 11.5. The van der Waals surface area contributed by atoms with Gasteiger partial charge in [-0.25, -0.2) is 12.7 Å². The highest BCUT2D eigenvalue weighted by atomic mass is 32.2. The topological polar surface area (TPSA) is 63.4 Å². The van der Waals surface area contributed by atoms with Gasteiger partial charge in [0, 0.05) is 19.1 Å². The molecular formula is C12H26N2O2S. The Morgan fingerprint density at radius 1 is 1.47 bits per heavy atom. The average molecular weight is 262 g/mol. The van der Waals surface area contributed by atoms with E-state index in [1.54, 1.807) is 4.31 Å². The van der Waals surface area contributed by atoms with E-state index in [4.69, 9.17) is 5.73 Å². The molecule has 3 atom stereocenters. The summed E-state index contributed by atoms with van der Waals surface area (Å²) in [7, 11) is -3.02. The van der Waals surface area contributed by atoms with Gasteiger partial charge in [0.15, 0.2) is 0 Å². The van der Waals surface area contributed by atoms with Gasteiger partial charge in [-0.3, -0.25) is 0 Å². The third-order valence-electron chi connectivity index (χ3n) is 3.86. The van der Waals surface area contributed by atoms with Crippen molar-refractivity contribution in [2.75, 3.05) is 19.3 Å². The molecule has 4 nitrogen and oxygen atoms in total. The van der Waals surface area contributed by atoms with E-state index in [2.05, 4.69) is 13.8 Å². The summed E-state index contributed by atoms with van der Waals surface area (Å²) in [5.74, 6) is 0.954. The molecule has 0 aromatic rings. The molecule has 1 aliphatic rings. The molecule has 102 valence electrons. The van der Waals surface area contributed by atoms with Gasteiger partial charge in [0.25, 0.3) is 0 Å². The number of nitrogens with two attached hydrogens (primary N) is 1. The van der Waals surface area contributed by atoms with Crippen LogP contribution in [0.3, 0.4) is 0 Å². The van der Waals surface area contributed by atoms with Crippen molar-refractivity contribution in [1.29, 1.82) is 0 Å². The lowest BCUT2D eigenvalue weighted by Gasteiger charge is -2.33. The van der Waals surface area contributed by atoms with Crippen LogP contribution in [0.15, 0.2) is 0 Å². The van der Waals surface area contributed by atoms with Crippen LogP contribution in [-0.2, 0) is 10.0 Å². The summed E-state index contributed by atoms with van der Waals surface area (Å²) in [6.45, 7) is 5.64. The normalized spacial score (nSPS) is 26.7. The Balaban J connectivity index is 2.50. The van der Waals surface area contributed by atoms with Crippen LogP contribution in [0.1, 0.15) is 39.5 Å². The van der Waals surface area contributed by atoms with E-state index in [-0.39, 0.29) is 6.04 Å². The van der Waals surface area contributed by atoms with Gasteiger partial charge in [0.2, 0.25) is 10.0 Å². The van der Waals surface area contributed by atoms with E-state index in [1.807, 2.05) is 0 Å². The monoisotopic (exact) mass is 262 g/mol. The molecule has 1 fully saturated rings. The number of sulfonamides is 1. The first-order chi connectivity index (χ1) is 7.84. The highest BCUT2D eigenvalue weighted by Crippen LogP contribution is 2.26. The van der Waals surface area contributed by atoms with Crippen molar-refractivity contribution in [1.82, 2.24) is 4.31 Å². The molecule has 0 aliphatic carbocycles. The van der Waals surface area contributed by atoms with Crippen molar-refractivity contribution >= 4 is 10.0 Å². The lowest BCUT2D eigenvalue weighted by molar-refractivity contribution is 0.223. The van der Waals surface area contributed by atoms with Crippen LogP contribution in [0.2, 0.25) is 0 Å². The van der Waals surface area contributed by atoms with Crippen molar-refractivity contribution < 1.29 is 8.42 Å². The molecule has 0 saturated carbocycles. The minimum atomic E-state index is -3.02. The van der Waals surface area contributed by atoms with Gasteiger partial charge in [-0.05, 0) is 37.5 Å². The van der Waals surface area contributed by atoms with Gasteiger partial charge >= 0.3 is 0 Å². The maximum Gasteiger partial charge on any atom is 0.211 e. The molecule has 3 unspecified atom stereocenters. The van der Waals surface area contributed by atoms with E-state index < -0.39 is 10.0 Å². The number of rotatable bonds is 5. The van der Waals surface area contributed by atoms with E-state index in [0.717, 1.165) is 25.7 Å². The lowest BCUT2D eigenvalue weighted by Crippen LogP contribution is -2.40. The third kappa shape index (κ3) is 4.56. The molecule has 0 amide bonds. The first kappa shape index (κ1) is 14.9. The van der Waals surface area contributed by atoms with Gasteiger partial charge in [-0.1, -0.05) is 13.8 Å². The molecular weight excluding hydrogens is 236 g/mol. The largest absolute Gasteiger partial charge is 0.327 e. The fourth-order valence-electron chi connectivity index (χ4n) is 2.62. The first-order valence-corrected chi connectivity index (χ1v) is 8.40. The van der Waals surface area contributed by atoms with Gasteiger partial charge < -0.3 is 5.73 Å². The van der Waals surface area contributed by atoms with Crippen LogP contribution in [-0.4, -0.2) is 38.1 Å². The second kappa shape index (κ2) is 6.16. The second-order valence-electron chi connectivity index (χ2n) is 5.41. The molecule has 0 aromatic carbocycles. The highest BCUT2D eigenvalue weighted by Gasteiger charge is 2.27. The Bertz CT molecular complexity index is 329. The second-order valence-corrected chi connectivity index (χ2v) is 7.40. The van der Waals surface area contributed by atoms with E-state index in [1.165, 1.54) is 6.26 Å². The van der Waals surface area contributed by atoms with Gasteiger partial charge in [0.05, 0.1) is 6.26 Å². The van der Waals surface area contributed by atoms with Crippen molar-refractivity contribution in [3.05, 3.63) is 0 Å². The Labute approximate surface area is 106 Å². The number of piperidine rings is 1. The van der Waals surface area contributed by atoms with Gasteiger partial charge in [-0.2, -0.15) is 0 Å². The molecule has 17 heavy (non-hydrogen) atoms. The zero-order valence-electron chi connectivity index (χ0n) is 11.2. The van der Waals surface area contributed by atoms with Crippen LogP contribution in [0.25, 0.3) is 0 Å². The summed E-state index contributed by atoms with van der Waals surface area (Å²) in [6, 6.07) is 0.239. The number of hydrogen-bond acceptors (Lipinski definition) is 3. The van der Waals surface area contributed by atoms with Crippen LogP contribution in [0.4, 0.5) is 0 Å². The predicted octanol–water partition coefficient (Wildman–Crippen LogP) is 1.42. The summed E-state index contributed by atoms with van der Waals surface area (Å²) in [4.78, 5) is 0. The minimum Gasteiger partial charge on any atom is -0.327 e. The van der Waals surface area contributed by atoms with E-state index in [0.29, 0.717) is 24.9 Å². The summed E-state index contributed by atoms with van der Waals surface area (Å²) >= 11 is 0. The average Bonchev–Trinajstić information content (AvgIpc) is 2.27. The Morgan fingerprint density at radius 3 is 2.65 bits per heavy atom. The standard InChI is InChI=1S/C12H26N2O2S/c1-4-12(13)10(2)8-11-6-5-7-14(9-11)17(3,15)16/h10-12H,4-9,13H2,1-3H3.